The van der Waals surface area contributed by atoms with Crippen LogP contribution in [0, 0.1) is 6.92 Å². The predicted molar refractivity (Wildman–Crippen MR) is 158 cm³/mol. The van der Waals surface area contributed by atoms with Gasteiger partial charge in [0, 0.05) is 17.6 Å². The highest BCUT2D eigenvalue weighted by atomic mass is 35.5. The molecule has 0 aliphatic rings. The molecular weight excluding hydrogens is 550 g/mol. The van der Waals surface area contributed by atoms with Gasteiger partial charge in [-0.2, -0.15) is 0 Å². The number of anilines is 1. The first kappa shape index (κ1) is 31.0. The zero-order chi connectivity index (χ0) is 29.4. The van der Waals surface area contributed by atoms with Crippen molar-refractivity contribution in [3.8, 4) is 5.75 Å². The fourth-order valence-corrected chi connectivity index (χ4v) is 5.56. The molecule has 2 amide bonds. The Labute approximate surface area is 241 Å². The molecule has 8 nitrogen and oxygen atoms in total. The molecule has 0 spiro atoms. The Balaban J connectivity index is 2.02. The van der Waals surface area contributed by atoms with E-state index in [-0.39, 0.29) is 29.1 Å². The van der Waals surface area contributed by atoms with Crippen LogP contribution >= 0.6 is 11.6 Å². The summed E-state index contributed by atoms with van der Waals surface area (Å²) in [5.41, 5.74) is 2.10. The lowest BCUT2D eigenvalue weighted by molar-refractivity contribution is -0.139. The van der Waals surface area contributed by atoms with Crippen LogP contribution in [0.25, 0.3) is 0 Å². The number of methoxy groups -OCH3 is 1. The summed E-state index contributed by atoms with van der Waals surface area (Å²) in [5.74, 6) is -0.360. The van der Waals surface area contributed by atoms with E-state index >= 15 is 0 Å². The van der Waals surface area contributed by atoms with Crippen LogP contribution in [0.4, 0.5) is 5.69 Å². The van der Waals surface area contributed by atoms with Gasteiger partial charge in [0.1, 0.15) is 18.3 Å². The fourth-order valence-electron chi connectivity index (χ4n) is 3.97. The topological polar surface area (TPSA) is 96.0 Å². The number of amides is 2. The number of nitrogens with zero attached hydrogens (tertiary/aromatic N) is 2. The number of ether oxygens (including phenoxy) is 1. The molecule has 214 valence electrons. The maximum atomic E-state index is 13.9. The summed E-state index contributed by atoms with van der Waals surface area (Å²) >= 11 is 6.21. The molecular formula is C30H36ClN3O5S. The number of carbonyl (C=O) groups excluding carboxylic acids is 2. The first-order valence-corrected chi connectivity index (χ1v) is 14.9. The Morgan fingerprint density at radius 3 is 2.23 bits per heavy atom. The van der Waals surface area contributed by atoms with Gasteiger partial charge in [-0.3, -0.25) is 13.9 Å². The third-order valence-electron chi connectivity index (χ3n) is 6.66. The number of rotatable bonds is 12. The molecule has 2 atom stereocenters. The number of halogens is 1. The standard InChI is InChI=1S/C30H36ClN3O5S/c1-6-22(3)32-30(36)23(4)33(19-24-12-10-21(2)11-13-24)29(35)20-34(26-9-7-8-25(31)18-26)40(37,38)28-16-14-27(39-5)15-17-28/h7-18,22-23H,6,19-20H2,1-5H3,(H,32,36). The highest BCUT2D eigenvalue weighted by Gasteiger charge is 2.33. The lowest BCUT2D eigenvalue weighted by Gasteiger charge is -2.32. The minimum Gasteiger partial charge on any atom is -0.497 e. The molecule has 0 saturated heterocycles. The molecule has 0 bridgehead atoms. The molecule has 0 saturated carbocycles. The average Bonchev–Trinajstić information content (AvgIpc) is 2.94. The van der Waals surface area contributed by atoms with E-state index in [9.17, 15) is 18.0 Å². The van der Waals surface area contributed by atoms with Gasteiger partial charge in [-0.1, -0.05) is 54.4 Å². The van der Waals surface area contributed by atoms with Gasteiger partial charge in [0.25, 0.3) is 10.0 Å². The van der Waals surface area contributed by atoms with Gasteiger partial charge >= 0.3 is 0 Å². The van der Waals surface area contributed by atoms with E-state index in [0.717, 1.165) is 21.9 Å². The van der Waals surface area contributed by atoms with E-state index in [1.807, 2.05) is 45.0 Å². The molecule has 0 heterocycles. The second-order valence-electron chi connectivity index (χ2n) is 9.67. The van der Waals surface area contributed by atoms with Crippen LogP contribution < -0.4 is 14.4 Å². The molecule has 0 aliphatic carbocycles. The molecule has 40 heavy (non-hydrogen) atoms. The van der Waals surface area contributed by atoms with Crippen molar-refractivity contribution >= 4 is 39.1 Å². The molecule has 0 radical (unpaired) electrons. The zero-order valence-electron chi connectivity index (χ0n) is 23.4. The number of carbonyl (C=O) groups is 2. The molecule has 1 N–H and O–H groups in total. The van der Waals surface area contributed by atoms with Crippen LogP contribution in [0.3, 0.4) is 0 Å². The number of benzene rings is 3. The van der Waals surface area contributed by atoms with Crippen molar-refractivity contribution in [1.29, 1.82) is 0 Å². The average molecular weight is 586 g/mol. The molecule has 3 aromatic rings. The SMILES string of the molecule is CCC(C)NC(=O)C(C)N(Cc1ccc(C)cc1)C(=O)CN(c1cccc(Cl)c1)S(=O)(=O)c1ccc(OC)cc1. The van der Waals surface area contributed by atoms with Crippen LogP contribution in [-0.4, -0.2) is 50.9 Å². The second kappa shape index (κ2) is 13.7. The van der Waals surface area contributed by atoms with E-state index in [2.05, 4.69) is 5.32 Å². The van der Waals surface area contributed by atoms with Crippen molar-refractivity contribution in [2.45, 2.75) is 57.6 Å². The minimum absolute atomic E-state index is 0.0197. The van der Waals surface area contributed by atoms with E-state index in [4.69, 9.17) is 16.3 Å². The lowest BCUT2D eigenvalue weighted by Crippen LogP contribution is -2.52. The number of sulfonamides is 1. The van der Waals surface area contributed by atoms with E-state index in [1.54, 1.807) is 25.1 Å². The van der Waals surface area contributed by atoms with E-state index < -0.39 is 28.5 Å². The van der Waals surface area contributed by atoms with Crippen molar-refractivity contribution in [3.05, 3.63) is 88.9 Å². The van der Waals surface area contributed by atoms with E-state index in [1.165, 1.54) is 42.3 Å². The summed E-state index contributed by atoms with van der Waals surface area (Å²) in [4.78, 5) is 28.5. The number of hydrogen-bond donors (Lipinski definition) is 1. The van der Waals surface area contributed by atoms with Gasteiger partial charge in [-0.25, -0.2) is 8.42 Å². The molecule has 10 heteroatoms. The highest BCUT2D eigenvalue weighted by Crippen LogP contribution is 2.28. The van der Waals surface area contributed by atoms with Gasteiger partial charge in [0.05, 0.1) is 17.7 Å². The van der Waals surface area contributed by atoms with Crippen LogP contribution in [0.2, 0.25) is 5.02 Å². The molecule has 3 aromatic carbocycles. The highest BCUT2D eigenvalue weighted by molar-refractivity contribution is 7.92. The van der Waals surface area contributed by atoms with Crippen LogP contribution in [0.5, 0.6) is 5.75 Å². The summed E-state index contributed by atoms with van der Waals surface area (Å²) in [6.07, 6.45) is 0.729. The Morgan fingerprint density at radius 2 is 1.65 bits per heavy atom. The predicted octanol–water partition coefficient (Wildman–Crippen LogP) is 5.18. The van der Waals surface area contributed by atoms with Gasteiger partial charge < -0.3 is 15.0 Å². The first-order valence-electron chi connectivity index (χ1n) is 13.0. The Bertz CT molecular complexity index is 1410. The molecule has 0 fully saturated rings. The van der Waals surface area contributed by atoms with Crippen LogP contribution in [-0.2, 0) is 26.2 Å². The Morgan fingerprint density at radius 1 is 1.00 bits per heavy atom. The van der Waals surface area contributed by atoms with E-state index in [0.29, 0.717) is 10.8 Å². The largest absolute Gasteiger partial charge is 0.497 e. The van der Waals surface area contributed by atoms with Gasteiger partial charge in [-0.15, -0.1) is 0 Å². The Hall–Kier alpha value is -3.56. The summed E-state index contributed by atoms with van der Waals surface area (Å²) in [6, 6.07) is 18.9. The van der Waals surface area contributed by atoms with Crippen LogP contribution in [0.1, 0.15) is 38.3 Å². The van der Waals surface area contributed by atoms with Crippen LogP contribution in [0.15, 0.2) is 77.7 Å². The Kier molecular flexibility index (Phi) is 10.6. The second-order valence-corrected chi connectivity index (χ2v) is 12.0. The zero-order valence-corrected chi connectivity index (χ0v) is 25.0. The van der Waals surface area contributed by atoms with Crippen molar-refractivity contribution in [2.24, 2.45) is 0 Å². The van der Waals surface area contributed by atoms with Crippen molar-refractivity contribution in [2.75, 3.05) is 18.0 Å². The quantitative estimate of drug-likeness (QED) is 0.316. The number of nitrogens with one attached hydrogen (secondary N) is 1. The minimum atomic E-state index is -4.20. The third kappa shape index (κ3) is 7.76. The smallest absolute Gasteiger partial charge is 0.264 e. The summed E-state index contributed by atoms with van der Waals surface area (Å²) in [5, 5.41) is 3.24. The van der Waals surface area contributed by atoms with Crippen molar-refractivity contribution in [1.82, 2.24) is 10.2 Å². The fraction of sp³-hybridized carbons (Fsp3) is 0.333. The molecule has 0 aromatic heterocycles. The normalized spacial score (nSPS) is 12.8. The summed E-state index contributed by atoms with van der Waals surface area (Å²) < 4.78 is 33.9. The maximum absolute atomic E-state index is 13.9. The monoisotopic (exact) mass is 585 g/mol. The van der Waals surface area contributed by atoms with Gasteiger partial charge in [-0.05, 0) is 75.2 Å². The molecule has 2 unspecified atom stereocenters. The summed E-state index contributed by atoms with van der Waals surface area (Å²) in [6.45, 7) is 7.03. The first-order chi connectivity index (χ1) is 19.0. The number of hydrogen-bond acceptors (Lipinski definition) is 5. The van der Waals surface area contributed by atoms with Gasteiger partial charge in [0.15, 0.2) is 0 Å². The molecule has 3 rings (SSSR count). The maximum Gasteiger partial charge on any atom is 0.264 e. The third-order valence-corrected chi connectivity index (χ3v) is 8.69. The van der Waals surface area contributed by atoms with Crippen molar-refractivity contribution < 1.29 is 22.7 Å². The molecule has 0 aliphatic heterocycles. The summed E-state index contributed by atoms with van der Waals surface area (Å²) in [7, 11) is -2.71. The number of aryl methyl sites for hydroxylation is 1. The van der Waals surface area contributed by atoms with Gasteiger partial charge in [0.2, 0.25) is 11.8 Å². The van der Waals surface area contributed by atoms with Crippen molar-refractivity contribution in [3.63, 3.8) is 0 Å². The lowest BCUT2D eigenvalue weighted by atomic mass is 10.1.